The molecule has 100 valence electrons. The summed E-state index contributed by atoms with van der Waals surface area (Å²) in [5.41, 5.74) is 0. The summed E-state index contributed by atoms with van der Waals surface area (Å²) in [6.45, 7) is 2.43. The van der Waals surface area contributed by atoms with Crippen molar-refractivity contribution in [2.24, 2.45) is 0 Å². The zero-order valence-corrected chi connectivity index (χ0v) is 12.5. The molecule has 1 saturated carbocycles. The first kappa shape index (κ1) is 14.0. The van der Waals surface area contributed by atoms with E-state index in [1.807, 2.05) is 6.92 Å². The van der Waals surface area contributed by atoms with Crippen LogP contribution >= 0.6 is 15.9 Å². The number of nitrogens with zero attached hydrogens (tertiary/aromatic N) is 1. The molecule has 0 atom stereocenters. The maximum absolute atomic E-state index is 13.4. The Morgan fingerprint density at radius 3 is 2.61 bits per heavy atom. The monoisotopic (exact) mass is 335 g/mol. The Balaban J connectivity index is 2.36. The fourth-order valence-corrected chi connectivity index (χ4v) is 3.89. The second-order valence-electron chi connectivity index (χ2n) is 4.42. The maximum atomic E-state index is 13.4. The third kappa shape index (κ3) is 2.75. The van der Waals surface area contributed by atoms with Crippen LogP contribution in [0, 0.1) is 5.82 Å². The van der Waals surface area contributed by atoms with Crippen molar-refractivity contribution in [1.29, 1.82) is 0 Å². The van der Waals surface area contributed by atoms with E-state index in [-0.39, 0.29) is 15.4 Å². The molecule has 3 nitrogen and oxygen atoms in total. The highest BCUT2D eigenvalue weighted by Crippen LogP contribution is 2.32. The normalized spacial score (nSPS) is 16.2. The van der Waals surface area contributed by atoms with Gasteiger partial charge in [-0.3, -0.25) is 0 Å². The van der Waals surface area contributed by atoms with Gasteiger partial charge >= 0.3 is 0 Å². The summed E-state index contributed by atoms with van der Waals surface area (Å²) in [5, 5.41) is 0. The van der Waals surface area contributed by atoms with E-state index in [1.54, 1.807) is 0 Å². The highest BCUT2D eigenvalue weighted by atomic mass is 79.9. The van der Waals surface area contributed by atoms with Crippen LogP contribution in [0.5, 0.6) is 0 Å². The average molecular weight is 336 g/mol. The smallest absolute Gasteiger partial charge is 0.207 e. The fraction of sp³-hybridized carbons (Fsp3) is 0.500. The summed E-state index contributed by atoms with van der Waals surface area (Å²) >= 11 is 3.02. The lowest BCUT2D eigenvalue weighted by Gasteiger charge is -2.21. The van der Waals surface area contributed by atoms with Crippen LogP contribution in [0.3, 0.4) is 0 Å². The Hall–Kier alpha value is -0.460. The number of rotatable bonds is 5. The summed E-state index contributed by atoms with van der Waals surface area (Å²) in [7, 11) is -3.57. The van der Waals surface area contributed by atoms with Gasteiger partial charge in [-0.05, 0) is 53.4 Å². The van der Waals surface area contributed by atoms with Crippen molar-refractivity contribution in [3.8, 4) is 0 Å². The van der Waals surface area contributed by atoms with Crippen molar-refractivity contribution in [2.75, 3.05) is 6.54 Å². The molecule has 1 aromatic carbocycles. The largest absolute Gasteiger partial charge is 0.243 e. The van der Waals surface area contributed by atoms with Gasteiger partial charge in [-0.1, -0.05) is 6.92 Å². The van der Waals surface area contributed by atoms with Gasteiger partial charge in [0.25, 0.3) is 0 Å². The lowest BCUT2D eigenvalue weighted by Crippen LogP contribution is -2.33. The predicted molar refractivity (Wildman–Crippen MR) is 71.3 cm³/mol. The molecule has 2 rings (SSSR count). The van der Waals surface area contributed by atoms with E-state index < -0.39 is 15.8 Å². The van der Waals surface area contributed by atoms with Crippen LogP contribution in [-0.2, 0) is 10.0 Å². The molecule has 1 aliphatic rings. The van der Waals surface area contributed by atoms with Crippen LogP contribution in [-0.4, -0.2) is 25.3 Å². The zero-order valence-electron chi connectivity index (χ0n) is 10.1. The summed E-state index contributed by atoms with van der Waals surface area (Å²) < 4.78 is 40.0. The van der Waals surface area contributed by atoms with Crippen LogP contribution in [0.15, 0.2) is 27.6 Å². The molecule has 0 aromatic heterocycles. The summed E-state index contributed by atoms with van der Waals surface area (Å²) in [4.78, 5) is 0.0311. The molecule has 0 saturated heterocycles. The van der Waals surface area contributed by atoms with E-state index >= 15 is 0 Å². The van der Waals surface area contributed by atoms with Gasteiger partial charge in [-0.15, -0.1) is 0 Å². The van der Waals surface area contributed by atoms with Gasteiger partial charge in [0.15, 0.2) is 0 Å². The first-order chi connectivity index (χ1) is 8.46. The van der Waals surface area contributed by atoms with Crippen LogP contribution in [0.4, 0.5) is 4.39 Å². The summed E-state index contributed by atoms with van der Waals surface area (Å²) in [5.74, 6) is -0.552. The van der Waals surface area contributed by atoms with Gasteiger partial charge in [0.05, 0.1) is 9.37 Å². The lowest BCUT2D eigenvalue weighted by molar-refractivity contribution is 0.403. The van der Waals surface area contributed by atoms with E-state index in [9.17, 15) is 12.8 Å². The van der Waals surface area contributed by atoms with E-state index in [0.717, 1.165) is 25.3 Å². The molecule has 1 fully saturated rings. The van der Waals surface area contributed by atoms with Crippen molar-refractivity contribution >= 4 is 26.0 Å². The second-order valence-corrected chi connectivity index (χ2v) is 7.17. The first-order valence-corrected chi connectivity index (χ1v) is 8.17. The highest BCUT2D eigenvalue weighted by Gasteiger charge is 2.37. The van der Waals surface area contributed by atoms with Crippen LogP contribution in [0.2, 0.25) is 0 Å². The van der Waals surface area contributed by atoms with Crippen molar-refractivity contribution < 1.29 is 12.8 Å². The van der Waals surface area contributed by atoms with Gasteiger partial charge in [0.2, 0.25) is 10.0 Å². The predicted octanol–water partition coefficient (Wildman–Crippen LogP) is 3.15. The highest BCUT2D eigenvalue weighted by molar-refractivity contribution is 9.10. The van der Waals surface area contributed by atoms with E-state index in [2.05, 4.69) is 15.9 Å². The van der Waals surface area contributed by atoms with Gasteiger partial charge in [0.1, 0.15) is 5.82 Å². The Kier molecular flexibility index (Phi) is 4.08. The van der Waals surface area contributed by atoms with E-state index in [4.69, 9.17) is 0 Å². The molecule has 18 heavy (non-hydrogen) atoms. The number of hydrogen-bond acceptors (Lipinski definition) is 2. The van der Waals surface area contributed by atoms with Gasteiger partial charge < -0.3 is 0 Å². The molecule has 0 N–H and O–H groups in total. The Morgan fingerprint density at radius 1 is 1.44 bits per heavy atom. The molecule has 0 bridgehead atoms. The molecular weight excluding hydrogens is 321 g/mol. The van der Waals surface area contributed by atoms with Crippen molar-refractivity contribution in [3.05, 3.63) is 28.5 Å². The fourth-order valence-electron chi connectivity index (χ4n) is 1.85. The van der Waals surface area contributed by atoms with Gasteiger partial charge in [0, 0.05) is 12.6 Å². The van der Waals surface area contributed by atoms with E-state index in [1.165, 1.54) is 16.4 Å². The van der Waals surface area contributed by atoms with Crippen molar-refractivity contribution in [2.45, 2.75) is 37.1 Å². The third-order valence-corrected chi connectivity index (χ3v) is 5.49. The molecular formula is C12H15BrFNO2S. The molecule has 1 aromatic rings. The maximum Gasteiger partial charge on any atom is 0.243 e. The molecule has 0 aliphatic heterocycles. The molecule has 0 spiro atoms. The SMILES string of the molecule is CCCN(C1CC1)S(=O)(=O)c1ccc(Br)c(F)c1. The molecule has 0 heterocycles. The van der Waals surface area contributed by atoms with Crippen LogP contribution in [0.1, 0.15) is 26.2 Å². The Labute approximate surface area is 115 Å². The molecule has 6 heteroatoms. The standard InChI is InChI=1S/C12H15BrFNO2S/c1-2-7-15(9-3-4-9)18(16,17)10-5-6-11(13)12(14)8-10/h5-6,8-9H,2-4,7H2,1H3. The van der Waals surface area contributed by atoms with Crippen molar-refractivity contribution in [3.63, 3.8) is 0 Å². The minimum absolute atomic E-state index is 0.0311. The molecule has 1 aliphatic carbocycles. The quantitative estimate of drug-likeness (QED) is 0.828. The second kappa shape index (κ2) is 5.27. The lowest BCUT2D eigenvalue weighted by atomic mass is 10.3. The van der Waals surface area contributed by atoms with Gasteiger partial charge in [-0.2, -0.15) is 4.31 Å². The van der Waals surface area contributed by atoms with Gasteiger partial charge in [-0.25, -0.2) is 12.8 Å². The van der Waals surface area contributed by atoms with Crippen molar-refractivity contribution in [1.82, 2.24) is 4.31 Å². The first-order valence-electron chi connectivity index (χ1n) is 5.93. The van der Waals surface area contributed by atoms with Crippen LogP contribution in [0.25, 0.3) is 0 Å². The zero-order chi connectivity index (χ0) is 13.3. The molecule has 0 unspecified atom stereocenters. The third-order valence-electron chi connectivity index (χ3n) is 2.90. The number of sulfonamides is 1. The Bertz CT molecular complexity index is 543. The average Bonchev–Trinajstić information content (AvgIpc) is 3.13. The summed E-state index contributed by atoms with van der Waals surface area (Å²) in [6.07, 6.45) is 2.56. The number of halogens is 2. The Morgan fingerprint density at radius 2 is 2.11 bits per heavy atom. The van der Waals surface area contributed by atoms with E-state index in [0.29, 0.717) is 6.54 Å². The number of benzene rings is 1. The summed E-state index contributed by atoms with van der Waals surface area (Å²) in [6, 6.07) is 4.04. The minimum Gasteiger partial charge on any atom is -0.207 e. The molecule has 0 amide bonds. The minimum atomic E-state index is -3.57. The number of hydrogen-bond donors (Lipinski definition) is 0. The topological polar surface area (TPSA) is 37.4 Å². The van der Waals surface area contributed by atoms with Crippen LogP contribution < -0.4 is 0 Å². The molecule has 0 radical (unpaired) electrons.